The maximum Gasteiger partial charge on any atom is 0.313 e. The van der Waals surface area contributed by atoms with Crippen LogP contribution in [-0.2, 0) is 16.1 Å². The monoisotopic (exact) mass is 354 g/mol. The lowest BCUT2D eigenvalue weighted by Crippen LogP contribution is -2.37. The van der Waals surface area contributed by atoms with E-state index in [4.69, 9.17) is 4.42 Å². The number of hydrogen-bond donors (Lipinski definition) is 2. The van der Waals surface area contributed by atoms with E-state index in [1.54, 1.807) is 42.1 Å². The highest BCUT2D eigenvalue weighted by molar-refractivity contribution is 6.39. The zero-order chi connectivity index (χ0) is 18.5. The number of benzene rings is 1. The van der Waals surface area contributed by atoms with Crippen molar-refractivity contribution in [3.05, 3.63) is 48.1 Å². The lowest BCUT2D eigenvalue weighted by molar-refractivity contribution is -0.136. The summed E-state index contributed by atoms with van der Waals surface area (Å²) >= 11 is 0. The molecule has 3 aromatic rings. The predicted molar refractivity (Wildman–Crippen MR) is 93.1 cm³/mol. The van der Waals surface area contributed by atoms with Gasteiger partial charge >= 0.3 is 11.8 Å². The van der Waals surface area contributed by atoms with E-state index in [0.717, 1.165) is 11.3 Å². The minimum Gasteiger partial charge on any atom is -0.421 e. The lowest BCUT2D eigenvalue weighted by Gasteiger charge is -2.08. The van der Waals surface area contributed by atoms with Crippen LogP contribution in [0.4, 0.5) is 5.69 Å². The van der Waals surface area contributed by atoms with Gasteiger partial charge in [-0.05, 0) is 37.3 Å². The van der Waals surface area contributed by atoms with Crippen LogP contribution in [0.15, 0.2) is 40.9 Å². The Balaban J connectivity index is 1.50. The van der Waals surface area contributed by atoms with E-state index in [9.17, 15) is 9.59 Å². The molecular weight excluding hydrogens is 336 g/mol. The first kappa shape index (κ1) is 17.3. The van der Waals surface area contributed by atoms with Crippen LogP contribution < -0.4 is 10.6 Å². The molecular formula is C17H18N6O3. The van der Waals surface area contributed by atoms with Crippen molar-refractivity contribution >= 4 is 17.5 Å². The van der Waals surface area contributed by atoms with Gasteiger partial charge in [0.15, 0.2) is 0 Å². The summed E-state index contributed by atoms with van der Waals surface area (Å²) in [5, 5.41) is 16.9. The fourth-order valence-corrected chi connectivity index (χ4v) is 2.29. The summed E-state index contributed by atoms with van der Waals surface area (Å²) in [5.74, 6) is -0.568. The van der Waals surface area contributed by atoms with Gasteiger partial charge in [0.1, 0.15) is 0 Å². The van der Waals surface area contributed by atoms with Gasteiger partial charge in [-0.1, -0.05) is 0 Å². The van der Waals surface area contributed by atoms with Crippen LogP contribution in [0, 0.1) is 13.8 Å². The lowest BCUT2D eigenvalue weighted by atomic mass is 10.2. The number of rotatable bonds is 5. The summed E-state index contributed by atoms with van der Waals surface area (Å²) in [5.41, 5.74) is 2.20. The third kappa shape index (κ3) is 4.12. The van der Waals surface area contributed by atoms with Gasteiger partial charge in [0.05, 0.1) is 6.54 Å². The Bertz CT molecular complexity index is 913. The number of nitrogens with zero attached hydrogens (tertiary/aromatic N) is 4. The molecule has 0 aliphatic carbocycles. The van der Waals surface area contributed by atoms with E-state index in [-0.39, 0.29) is 0 Å². The minimum absolute atomic E-state index is 0.310. The molecule has 0 fully saturated rings. The van der Waals surface area contributed by atoms with Gasteiger partial charge in [-0.25, -0.2) is 0 Å². The second-order valence-electron chi connectivity index (χ2n) is 5.61. The summed E-state index contributed by atoms with van der Waals surface area (Å²) in [6.45, 7) is 4.43. The van der Waals surface area contributed by atoms with Gasteiger partial charge in [0, 0.05) is 36.6 Å². The van der Waals surface area contributed by atoms with Crippen LogP contribution in [0.25, 0.3) is 11.5 Å². The van der Waals surface area contributed by atoms with Crippen LogP contribution in [0.1, 0.15) is 11.6 Å². The van der Waals surface area contributed by atoms with Crippen molar-refractivity contribution in [3.63, 3.8) is 0 Å². The number of carbonyl (C=O) groups excluding carboxylic acids is 2. The van der Waals surface area contributed by atoms with E-state index in [1.807, 2.05) is 13.0 Å². The molecule has 0 saturated heterocycles. The molecule has 0 saturated carbocycles. The average molecular weight is 354 g/mol. The highest BCUT2D eigenvalue weighted by atomic mass is 16.4. The van der Waals surface area contributed by atoms with Crippen LogP contribution in [0.5, 0.6) is 0 Å². The zero-order valence-corrected chi connectivity index (χ0v) is 14.4. The maximum atomic E-state index is 11.9. The molecule has 9 heteroatoms. The number of amides is 2. The van der Waals surface area contributed by atoms with E-state index < -0.39 is 11.8 Å². The second-order valence-corrected chi connectivity index (χ2v) is 5.61. The van der Waals surface area contributed by atoms with Gasteiger partial charge < -0.3 is 15.1 Å². The fourth-order valence-electron chi connectivity index (χ4n) is 2.29. The third-order valence-electron chi connectivity index (χ3n) is 3.66. The minimum atomic E-state index is -0.733. The SMILES string of the molecule is Cc1nnc(-c2ccc(NC(=O)C(=O)NCCn3nccc3C)cc2)o1. The van der Waals surface area contributed by atoms with Crippen molar-refractivity contribution in [2.75, 3.05) is 11.9 Å². The van der Waals surface area contributed by atoms with Crippen LogP contribution >= 0.6 is 0 Å². The number of hydrogen-bond acceptors (Lipinski definition) is 6. The van der Waals surface area contributed by atoms with Gasteiger partial charge in [0.2, 0.25) is 11.8 Å². The Morgan fingerprint density at radius 3 is 2.46 bits per heavy atom. The van der Waals surface area contributed by atoms with Crippen LogP contribution in [0.2, 0.25) is 0 Å². The topological polar surface area (TPSA) is 115 Å². The van der Waals surface area contributed by atoms with Gasteiger partial charge in [-0.15, -0.1) is 10.2 Å². The Kier molecular flexibility index (Phi) is 5.07. The molecule has 2 amide bonds. The van der Waals surface area contributed by atoms with Crippen molar-refractivity contribution in [1.82, 2.24) is 25.3 Å². The number of anilines is 1. The Morgan fingerprint density at radius 1 is 1.08 bits per heavy atom. The molecule has 26 heavy (non-hydrogen) atoms. The average Bonchev–Trinajstić information content (AvgIpc) is 3.24. The largest absolute Gasteiger partial charge is 0.421 e. The third-order valence-corrected chi connectivity index (χ3v) is 3.66. The summed E-state index contributed by atoms with van der Waals surface area (Å²) in [4.78, 5) is 23.8. The van der Waals surface area contributed by atoms with Gasteiger partial charge in [-0.3, -0.25) is 14.3 Å². The van der Waals surface area contributed by atoms with E-state index in [2.05, 4.69) is 25.9 Å². The number of aromatic nitrogens is 4. The summed E-state index contributed by atoms with van der Waals surface area (Å²) < 4.78 is 7.08. The standard InChI is InChI=1S/C17H18N6O3/c1-11-7-8-19-23(11)10-9-18-15(24)16(25)20-14-5-3-13(4-6-14)17-22-21-12(2)26-17/h3-8H,9-10H2,1-2H3,(H,18,24)(H,20,25). The molecule has 2 aromatic heterocycles. The number of nitrogens with one attached hydrogen (secondary N) is 2. The van der Waals surface area contributed by atoms with E-state index in [1.165, 1.54) is 0 Å². The number of aryl methyl sites for hydroxylation is 2. The van der Waals surface area contributed by atoms with Crippen LogP contribution in [0.3, 0.4) is 0 Å². The molecule has 0 aliphatic heterocycles. The number of carbonyl (C=O) groups is 2. The maximum absolute atomic E-state index is 11.9. The normalized spacial score (nSPS) is 10.5. The Hall–Kier alpha value is -3.49. The van der Waals surface area contributed by atoms with Gasteiger partial charge in [0.25, 0.3) is 0 Å². The molecule has 2 heterocycles. The van der Waals surface area contributed by atoms with Crippen molar-refractivity contribution in [3.8, 4) is 11.5 Å². The molecule has 0 atom stereocenters. The first-order chi connectivity index (χ1) is 12.5. The molecule has 0 radical (unpaired) electrons. The first-order valence-corrected chi connectivity index (χ1v) is 8.01. The van der Waals surface area contributed by atoms with Gasteiger partial charge in [-0.2, -0.15) is 5.10 Å². The Morgan fingerprint density at radius 2 is 1.85 bits per heavy atom. The second kappa shape index (κ2) is 7.60. The summed E-state index contributed by atoms with van der Waals surface area (Å²) in [6.07, 6.45) is 1.68. The highest BCUT2D eigenvalue weighted by Gasteiger charge is 2.14. The molecule has 0 aliphatic rings. The van der Waals surface area contributed by atoms with Crippen molar-refractivity contribution in [1.29, 1.82) is 0 Å². The summed E-state index contributed by atoms with van der Waals surface area (Å²) in [6, 6.07) is 8.63. The Labute approximate surface area is 149 Å². The van der Waals surface area contributed by atoms with Crippen molar-refractivity contribution in [2.45, 2.75) is 20.4 Å². The molecule has 0 bridgehead atoms. The smallest absolute Gasteiger partial charge is 0.313 e. The van der Waals surface area contributed by atoms with Crippen molar-refractivity contribution in [2.24, 2.45) is 0 Å². The first-order valence-electron chi connectivity index (χ1n) is 8.01. The molecule has 134 valence electrons. The summed E-state index contributed by atoms with van der Waals surface area (Å²) in [7, 11) is 0. The molecule has 0 spiro atoms. The molecule has 3 rings (SSSR count). The molecule has 9 nitrogen and oxygen atoms in total. The fraction of sp³-hybridized carbons (Fsp3) is 0.235. The molecule has 0 unspecified atom stereocenters. The molecule has 2 N–H and O–H groups in total. The van der Waals surface area contributed by atoms with E-state index >= 15 is 0 Å². The van der Waals surface area contributed by atoms with Crippen LogP contribution in [-0.4, -0.2) is 38.3 Å². The predicted octanol–water partition coefficient (Wildman–Crippen LogP) is 1.30. The zero-order valence-electron chi connectivity index (χ0n) is 14.4. The molecule has 1 aromatic carbocycles. The van der Waals surface area contributed by atoms with Crippen molar-refractivity contribution < 1.29 is 14.0 Å². The highest BCUT2D eigenvalue weighted by Crippen LogP contribution is 2.19. The van der Waals surface area contributed by atoms with E-state index in [0.29, 0.717) is 30.6 Å². The quantitative estimate of drug-likeness (QED) is 0.668.